The summed E-state index contributed by atoms with van der Waals surface area (Å²) in [6, 6.07) is 5.06. The van der Waals surface area contributed by atoms with Crippen molar-refractivity contribution in [3.05, 3.63) is 35.9 Å². The summed E-state index contributed by atoms with van der Waals surface area (Å²) in [5.41, 5.74) is 0.766. The molecule has 9 atom stereocenters. The molecule has 17 heteroatoms. The normalized spacial score (nSPS) is 17.6. The summed E-state index contributed by atoms with van der Waals surface area (Å²) in [7, 11) is 6.25. The maximum atomic E-state index is 14.5. The summed E-state index contributed by atoms with van der Waals surface area (Å²) in [5.74, 6) is 0.503. The highest BCUT2D eigenvalue weighted by atomic mass is 16.6. The molecule has 5 N–H and O–H groups in total. The van der Waals surface area contributed by atoms with E-state index in [2.05, 4.69) is 15.5 Å². The SMILES string of the molecule is CC[C@H](C)C([C@@H](CC(=O)N1CCC[C@H]1[C@H](OC)[C@@H](C)C(=O)N[C@H](Cc1ccccc1)C(=O)O)OC)N(C)C(=O)[C@@H](NC(=O)[C@H](C(C)C)N(C)C(=O)CCCCCCC(=O)CON)C(C)C. The number of nitrogens with zero attached hydrogens (tertiary/aromatic N) is 3. The number of aliphatic carboxylic acids is 1. The quantitative estimate of drug-likeness (QED) is 0.0631. The first-order valence-corrected chi connectivity index (χ1v) is 23.3. The van der Waals surface area contributed by atoms with Gasteiger partial charge in [0.25, 0.3) is 0 Å². The number of amides is 5. The molecule has 1 aliphatic heterocycles. The van der Waals surface area contributed by atoms with Crippen LogP contribution < -0.4 is 16.5 Å². The van der Waals surface area contributed by atoms with Crippen LogP contribution in [0.3, 0.4) is 0 Å². The summed E-state index contributed by atoms with van der Waals surface area (Å²) >= 11 is 0. The number of hydrogen-bond donors (Lipinski definition) is 4. The minimum Gasteiger partial charge on any atom is -0.480 e. The van der Waals surface area contributed by atoms with Crippen LogP contribution in [0, 0.1) is 23.7 Å². The average Bonchev–Trinajstić information content (AvgIpc) is 3.75. The minimum absolute atomic E-state index is 0.0722. The van der Waals surface area contributed by atoms with Crippen molar-refractivity contribution in [3.63, 3.8) is 0 Å². The Balaban J connectivity index is 2.21. The molecule has 1 aliphatic rings. The van der Waals surface area contributed by atoms with Gasteiger partial charge in [-0.1, -0.05) is 98.1 Å². The topological polar surface area (TPSA) is 227 Å². The number of carbonyl (C=O) groups excluding carboxylic acids is 6. The number of carboxylic acid groups (broad SMARTS) is 1. The second-order valence-corrected chi connectivity index (χ2v) is 18.4. The number of likely N-dealkylation sites (tertiary alicyclic amines) is 1. The zero-order chi connectivity index (χ0) is 49.0. The third-order valence-corrected chi connectivity index (χ3v) is 12.9. The Hall–Kier alpha value is -4.45. The van der Waals surface area contributed by atoms with Gasteiger partial charge in [-0.3, -0.25) is 33.6 Å². The first-order valence-electron chi connectivity index (χ1n) is 23.3. The van der Waals surface area contributed by atoms with Crippen molar-refractivity contribution in [2.45, 2.75) is 162 Å². The lowest BCUT2D eigenvalue weighted by molar-refractivity contribution is -0.149. The first-order chi connectivity index (χ1) is 30.7. The maximum Gasteiger partial charge on any atom is 0.326 e. The predicted molar refractivity (Wildman–Crippen MR) is 247 cm³/mol. The van der Waals surface area contributed by atoms with Crippen molar-refractivity contribution in [1.29, 1.82) is 0 Å². The maximum absolute atomic E-state index is 14.5. The highest BCUT2D eigenvalue weighted by molar-refractivity contribution is 5.92. The molecule has 17 nitrogen and oxygen atoms in total. The Morgan fingerprint density at radius 1 is 0.846 bits per heavy atom. The second kappa shape index (κ2) is 28.6. The van der Waals surface area contributed by atoms with Crippen LogP contribution in [0.2, 0.25) is 0 Å². The highest BCUT2D eigenvalue weighted by Crippen LogP contribution is 2.30. The Labute approximate surface area is 387 Å². The summed E-state index contributed by atoms with van der Waals surface area (Å²) in [6.07, 6.45) is 3.85. The fraction of sp³-hybridized carbons (Fsp3) is 0.729. The van der Waals surface area contributed by atoms with E-state index >= 15 is 0 Å². The summed E-state index contributed by atoms with van der Waals surface area (Å²) in [6.45, 7) is 13.3. The molecular formula is C48H80N6O11. The van der Waals surface area contributed by atoms with Gasteiger partial charge in [-0.25, -0.2) is 10.7 Å². The van der Waals surface area contributed by atoms with Crippen LogP contribution in [0.4, 0.5) is 0 Å². The fourth-order valence-electron chi connectivity index (χ4n) is 9.01. The van der Waals surface area contributed by atoms with Gasteiger partial charge in [-0.15, -0.1) is 0 Å². The molecule has 0 aromatic heterocycles. The smallest absolute Gasteiger partial charge is 0.326 e. The van der Waals surface area contributed by atoms with E-state index in [0.29, 0.717) is 45.1 Å². The van der Waals surface area contributed by atoms with Crippen LogP contribution in [0.15, 0.2) is 30.3 Å². The van der Waals surface area contributed by atoms with Gasteiger partial charge in [0.2, 0.25) is 29.5 Å². The Kier molecular flexibility index (Phi) is 24.9. The molecule has 0 radical (unpaired) electrons. The Bertz CT molecular complexity index is 1680. The number of benzene rings is 1. The largest absolute Gasteiger partial charge is 0.480 e. The Morgan fingerprint density at radius 3 is 2.02 bits per heavy atom. The predicted octanol–water partition coefficient (Wildman–Crippen LogP) is 4.14. The number of likely N-dealkylation sites (N-methyl/N-ethyl adjacent to an activating group) is 2. The average molecular weight is 917 g/mol. The van der Waals surface area contributed by atoms with Gasteiger partial charge in [0.15, 0.2) is 5.78 Å². The number of carboxylic acids is 1. The molecule has 1 fully saturated rings. The van der Waals surface area contributed by atoms with E-state index in [-0.39, 0.29) is 67.1 Å². The van der Waals surface area contributed by atoms with Gasteiger partial charge in [0.05, 0.1) is 36.6 Å². The van der Waals surface area contributed by atoms with Crippen molar-refractivity contribution >= 4 is 41.3 Å². The lowest BCUT2D eigenvalue weighted by atomic mass is 9.89. The molecule has 0 spiro atoms. The zero-order valence-corrected chi connectivity index (χ0v) is 40.9. The van der Waals surface area contributed by atoms with Crippen molar-refractivity contribution in [1.82, 2.24) is 25.3 Å². The number of nitrogens with one attached hydrogen (secondary N) is 2. The molecular weight excluding hydrogens is 837 g/mol. The van der Waals surface area contributed by atoms with E-state index in [4.69, 9.17) is 15.4 Å². The number of rotatable bonds is 30. The van der Waals surface area contributed by atoms with Crippen molar-refractivity contribution in [2.75, 3.05) is 41.5 Å². The highest BCUT2D eigenvalue weighted by Gasteiger charge is 2.44. The van der Waals surface area contributed by atoms with E-state index in [0.717, 1.165) is 18.4 Å². The third kappa shape index (κ3) is 17.1. The molecule has 0 aliphatic carbocycles. The molecule has 0 saturated carbocycles. The number of ether oxygens (including phenoxy) is 2. The number of nitrogens with two attached hydrogens (primary N) is 1. The van der Waals surface area contributed by atoms with Gasteiger partial charge in [-0.05, 0) is 49.0 Å². The number of unbranched alkanes of at least 4 members (excludes halogenated alkanes) is 3. The van der Waals surface area contributed by atoms with Crippen LogP contribution in [-0.4, -0.2) is 145 Å². The monoisotopic (exact) mass is 917 g/mol. The lowest BCUT2D eigenvalue weighted by Crippen LogP contribution is -2.60. The molecule has 1 aromatic rings. The lowest BCUT2D eigenvalue weighted by Gasteiger charge is -2.41. The minimum atomic E-state index is -1.16. The number of Topliss-reactive ketones (excluding diaryl/α,β-unsaturated/α-hetero) is 1. The van der Waals surface area contributed by atoms with E-state index in [1.54, 1.807) is 55.1 Å². The van der Waals surface area contributed by atoms with Gasteiger partial charge < -0.3 is 39.9 Å². The van der Waals surface area contributed by atoms with Crippen molar-refractivity contribution < 1.29 is 53.0 Å². The zero-order valence-electron chi connectivity index (χ0n) is 40.9. The molecule has 1 heterocycles. The molecule has 368 valence electrons. The van der Waals surface area contributed by atoms with E-state index in [1.165, 1.54) is 19.1 Å². The van der Waals surface area contributed by atoms with Crippen LogP contribution in [-0.2, 0) is 54.3 Å². The van der Waals surface area contributed by atoms with Crippen molar-refractivity contribution in [3.8, 4) is 0 Å². The number of hydrogen-bond acceptors (Lipinski definition) is 11. The van der Waals surface area contributed by atoms with Gasteiger partial charge in [-0.2, -0.15) is 0 Å². The first kappa shape index (κ1) is 56.7. The summed E-state index contributed by atoms with van der Waals surface area (Å²) in [5, 5.41) is 15.6. The molecule has 1 unspecified atom stereocenters. The molecule has 0 bridgehead atoms. The summed E-state index contributed by atoms with van der Waals surface area (Å²) in [4.78, 5) is 103. The number of ketones is 1. The van der Waals surface area contributed by atoms with Crippen LogP contribution >= 0.6 is 0 Å². The van der Waals surface area contributed by atoms with Crippen LogP contribution in [0.25, 0.3) is 0 Å². The molecule has 2 rings (SSSR count). The van der Waals surface area contributed by atoms with E-state index in [9.17, 15) is 38.7 Å². The van der Waals surface area contributed by atoms with E-state index in [1.807, 2.05) is 47.6 Å². The number of carbonyl (C=O) groups is 7. The Morgan fingerprint density at radius 2 is 1.48 bits per heavy atom. The molecule has 1 aromatic carbocycles. The molecule has 5 amide bonds. The molecule has 1 saturated heterocycles. The number of methoxy groups -OCH3 is 2. The van der Waals surface area contributed by atoms with E-state index < -0.39 is 66.1 Å². The fourth-order valence-corrected chi connectivity index (χ4v) is 9.01. The third-order valence-electron chi connectivity index (χ3n) is 12.9. The van der Waals surface area contributed by atoms with Crippen LogP contribution in [0.1, 0.15) is 118 Å². The standard InChI is InChI=1S/C48H80N6O11/c1-12-32(6)43(53(9)47(60)41(30(2)3)51-46(59)42(31(4)5)52(8)39(56)25-19-14-13-18-23-35(55)29-65-49)38(63-10)28-40(57)54-26-20-24-37(54)44(64-11)33(7)45(58)50-36(48(61)62)27-34-21-16-15-17-22-34/h15-17,21-22,30-33,36-38,41-44H,12-14,18-20,23-29,49H2,1-11H3,(H,50,58)(H,51,59)(H,61,62)/t32-,33+,36+,37-,38+,41-,42-,43?,44+/m0/s1. The summed E-state index contributed by atoms with van der Waals surface area (Å²) < 4.78 is 11.9. The van der Waals surface area contributed by atoms with Gasteiger partial charge in [0.1, 0.15) is 24.7 Å². The molecule has 65 heavy (non-hydrogen) atoms. The van der Waals surface area contributed by atoms with Crippen LogP contribution in [0.5, 0.6) is 0 Å². The van der Waals surface area contributed by atoms with Gasteiger partial charge >= 0.3 is 5.97 Å². The van der Waals surface area contributed by atoms with Gasteiger partial charge in [0, 0.05) is 54.1 Å². The second-order valence-electron chi connectivity index (χ2n) is 18.4. The van der Waals surface area contributed by atoms with Crippen molar-refractivity contribution in [2.24, 2.45) is 29.6 Å².